The number of halogens is 2. The lowest BCUT2D eigenvalue weighted by Crippen LogP contribution is -2.30. The highest BCUT2D eigenvalue weighted by Crippen LogP contribution is 2.34. The molecule has 0 aliphatic carbocycles. The van der Waals surface area contributed by atoms with Gasteiger partial charge >= 0.3 is 12.0 Å². The topological polar surface area (TPSA) is 195 Å². The second-order valence-corrected chi connectivity index (χ2v) is 17.9. The highest BCUT2D eigenvalue weighted by Gasteiger charge is 2.35. The molecule has 0 saturated carbocycles. The molecule has 0 amide bonds. The molecule has 0 spiro atoms. The van der Waals surface area contributed by atoms with E-state index < -0.39 is 39.2 Å². The number of fused-ring (bicyclic) bond motifs is 2. The summed E-state index contributed by atoms with van der Waals surface area (Å²) in [5, 5.41) is 9.71. The van der Waals surface area contributed by atoms with E-state index in [0.29, 0.717) is 39.5 Å². The lowest BCUT2D eigenvalue weighted by molar-refractivity contribution is -0.158. The summed E-state index contributed by atoms with van der Waals surface area (Å²) in [5.74, 6) is -0.651. The number of sulfone groups is 1. The summed E-state index contributed by atoms with van der Waals surface area (Å²) >= 11 is 0. The molecule has 66 heavy (non-hydrogen) atoms. The molecule has 348 valence electrons. The van der Waals surface area contributed by atoms with Gasteiger partial charge in [-0.25, -0.2) is 41.5 Å². The molecule has 0 radical (unpaired) electrons. The standard InChI is InChI=1S/C22H23FN4O5S.C22H17FN4O3.3CH4/c1-22(2,3)20(29)32-15-11-26-18(16-9-10-24-21(25-16)33(4,30)31)17(19(28)27(26)12-15)13-5-7-14(23)8-6-13;23-15-8-6-14(7-9-15)19-20(26-12-16(28)13-27(26)21(19)29)18-10-11-24-22(25-18)30-17-4-2-1-3-5-17;;;/h5-10,15H,11-12H2,1-4H3;1-11,16,28H,12-13H2;3*1H4. The Morgan fingerprint density at radius 2 is 1.15 bits per heavy atom. The van der Waals surface area contributed by atoms with E-state index in [4.69, 9.17) is 9.47 Å². The van der Waals surface area contributed by atoms with Crippen LogP contribution in [0.15, 0.2) is 118 Å². The van der Waals surface area contributed by atoms with Gasteiger partial charge in [0.15, 0.2) is 0 Å². The van der Waals surface area contributed by atoms with E-state index in [0.717, 1.165) is 6.26 Å². The van der Waals surface area contributed by atoms with Crippen LogP contribution in [-0.2, 0) is 45.5 Å². The largest absolute Gasteiger partial charge is 0.458 e. The minimum Gasteiger partial charge on any atom is -0.458 e. The van der Waals surface area contributed by atoms with Gasteiger partial charge in [-0.15, -0.1) is 0 Å². The number of para-hydroxylation sites is 1. The molecule has 2 aliphatic heterocycles. The van der Waals surface area contributed by atoms with Crippen LogP contribution in [0.2, 0.25) is 0 Å². The number of ether oxygens (including phenoxy) is 2. The maximum absolute atomic E-state index is 13.5. The Morgan fingerprint density at radius 3 is 1.68 bits per heavy atom. The highest BCUT2D eigenvalue weighted by atomic mass is 32.2. The first-order valence-corrected chi connectivity index (χ1v) is 21.5. The Morgan fingerprint density at radius 1 is 0.682 bits per heavy atom. The van der Waals surface area contributed by atoms with Gasteiger partial charge < -0.3 is 14.6 Å². The third-order valence-corrected chi connectivity index (χ3v) is 11.0. The van der Waals surface area contributed by atoms with E-state index in [1.54, 1.807) is 66.7 Å². The van der Waals surface area contributed by atoms with Crippen LogP contribution >= 0.6 is 0 Å². The van der Waals surface area contributed by atoms with E-state index in [1.807, 2.05) is 18.2 Å². The van der Waals surface area contributed by atoms with Crippen LogP contribution in [0, 0.1) is 17.0 Å². The zero-order valence-corrected chi connectivity index (χ0v) is 35.2. The Hall–Kier alpha value is -7.12. The van der Waals surface area contributed by atoms with Crippen molar-refractivity contribution in [1.29, 1.82) is 0 Å². The fraction of sp³-hybridized carbons (Fsp3) is 0.298. The third-order valence-electron chi connectivity index (χ3n) is 10.2. The molecule has 16 nitrogen and oxygen atoms in total. The third kappa shape index (κ3) is 10.1. The number of aromatic nitrogens is 8. The quantitative estimate of drug-likeness (QED) is 0.118. The Kier molecular flexibility index (Phi) is 14.8. The first kappa shape index (κ1) is 49.9. The van der Waals surface area contributed by atoms with Crippen LogP contribution in [0.1, 0.15) is 43.1 Å². The Bertz CT molecular complexity index is 3090. The molecule has 2 aliphatic rings. The highest BCUT2D eigenvalue weighted by molar-refractivity contribution is 7.90. The number of aliphatic hydroxyl groups excluding tert-OH is 1. The first-order chi connectivity index (χ1) is 30.0. The molecule has 7 aromatic rings. The Labute approximate surface area is 380 Å². The van der Waals surface area contributed by atoms with Gasteiger partial charge in [-0.3, -0.25) is 23.7 Å². The van der Waals surface area contributed by atoms with E-state index in [1.165, 1.54) is 58.0 Å². The van der Waals surface area contributed by atoms with Gasteiger partial charge in [0.1, 0.15) is 23.5 Å². The number of carbonyl (C=O) groups is 1. The molecule has 0 saturated heterocycles. The molecule has 9 rings (SSSR count). The van der Waals surface area contributed by atoms with Gasteiger partial charge in [-0.1, -0.05) is 64.7 Å². The van der Waals surface area contributed by atoms with Crippen molar-refractivity contribution < 1.29 is 36.6 Å². The SMILES string of the molecule is C.C.C.CC(C)(C)C(=O)OC1Cn2c(-c3ccnc(S(C)(=O)=O)n3)c(-c3ccc(F)cc3)c(=O)n2C1.O=c1c(-c2ccc(F)cc2)c(-c2ccnc(Oc3ccccc3)n2)n2n1CC(O)C2. The molecule has 2 unspecified atom stereocenters. The van der Waals surface area contributed by atoms with Gasteiger partial charge in [0, 0.05) is 18.6 Å². The molecule has 4 aromatic heterocycles. The summed E-state index contributed by atoms with van der Waals surface area (Å²) in [4.78, 5) is 55.5. The minimum atomic E-state index is -3.70. The van der Waals surface area contributed by atoms with Crippen molar-refractivity contribution in [3.05, 3.63) is 136 Å². The first-order valence-electron chi connectivity index (χ1n) is 19.6. The average molecular weight is 927 g/mol. The number of benzene rings is 3. The lowest BCUT2D eigenvalue weighted by Gasteiger charge is -2.20. The number of hydrogen-bond donors (Lipinski definition) is 1. The molecule has 19 heteroatoms. The maximum Gasteiger partial charge on any atom is 0.322 e. The van der Waals surface area contributed by atoms with E-state index >= 15 is 0 Å². The summed E-state index contributed by atoms with van der Waals surface area (Å²) in [6, 6.07) is 23.6. The molecule has 2 atom stereocenters. The summed E-state index contributed by atoms with van der Waals surface area (Å²) in [7, 11) is -3.70. The average Bonchev–Trinajstić information content (AvgIpc) is 3.98. The maximum atomic E-state index is 13.5. The fourth-order valence-corrected chi connectivity index (χ4v) is 7.78. The molecule has 3 aromatic carbocycles. The molecular formula is C47H52F2N8O8S. The molecule has 0 fully saturated rings. The number of rotatable bonds is 8. The second-order valence-electron chi connectivity index (χ2n) is 16.0. The minimum absolute atomic E-state index is 0. The smallest absolute Gasteiger partial charge is 0.322 e. The van der Waals surface area contributed by atoms with Crippen LogP contribution in [0.4, 0.5) is 8.78 Å². The zero-order valence-electron chi connectivity index (χ0n) is 34.3. The van der Waals surface area contributed by atoms with Crippen molar-refractivity contribution in [2.24, 2.45) is 5.41 Å². The van der Waals surface area contributed by atoms with Crippen molar-refractivity contribution in [2.75, 3.05) is 6.26 Å². The number of hydrogen-bond acceptors (Lipinski definition) is 12. The van der Waals surface area contributed by atoms with Crippen LogP contribution in [0.5, 0.6) is 11.8 Å². The van der Waals surface area contributed by atoms with Gasteiger partial charge in [0.2, 0.25) is 15.0 Å². The predicted octanol–water partition coefficient (Wildman–Crippen LogP) is 7.28. The van der Waals surface area contributed by atoms with Crippen molar-refractivity contribution in [1.82, 2.24) is 38.7 Å². The summed E-state index contributed by atoms with van der Waals surface area (Å²) in [6.07, 6.45) is 2.59. The monoisotopic (exact) mass is 926 g/mol. The number of aliphatic hydroxyl groups is 1. The van der Waals surface area contributed by atoms with Crippen LogP contribution in [0.3, 0.4) is 0 Å². The van der Waals surface area contributed by atoms with E-state index in [-0.39, 0.29) is 87.8 Å². The molecule has 1 N–H and O–H groups in total. The van der Waals surface area contributed by atoms with Crippen LogP contribution in [0.25, 0.3) is 45.0 Å². The normalized spacial score (nSPS) is 14.9. The summed E-state index contributed by atoms with van der Waals surface area (Å²) in [5.41, 5.74) is 1.86. The molecule has 0 bridgehead atoms. The molecular weight excluding hydrogens is 875 g/mol. The van der Waals surface area contributed by atoms with Crippen molar-refractivity contribution in [2.45, 2.75) is 86.6 Å². The van der Waals surface area contributed by atoms with Crippen LogP contribution < -0.4 is 15.9 Å². The van der Waals surface area contributed by atoms with Gasteiger partial charge in [-0.2, -0.15) is 4.98 Å². The van der Waals surface area contributed by atoms with E-state index in [2.05, 4.69) is 19.9 Å². The predicted molar refractivity (Wildman–Crippen MR) is 245 cm³/mol. The zero-order chi connectivity index (χ0) is 44.8. The van der Waals surface area contributed by atoms with Crippen molar-refractivity contribution >= 4 is 15.8 Å². The molecule has 6 heterocycles. The Balaban J connectivity index is 0.000000237. The van der Waals surface area contributed by atoms with Crippen molar-refractivity contribution in [3.8, 4) is 56.8 Å². The lowest BCUT2D eigenvalue weighted by atomic mass is 9.97. The number of esters is 1. The second kappa shape index (κ2) is 19.5. The summed E-state index contributed by atoms with van der Waals surface area (Å²) < 4.78 is 68.6. The number of nitrogens with zero attached hydrogens (tertiary/aromatic N) is 8. The van der Waals surface area contributed by atoms with E-state index in [9.17, 15) is 36.7 Å². The fourth-order valence-electron chi connectivity index (χ4n) is 7.27. The van der Waals surface area contributed by atoms with Gasteiger partial charge in [0.25, 0.3) is 11.1 Å². The van der Waals surface area contributed by atoms with Crippen molar-refractivity contribution in [3.63, 3.8) is 0 Å². The van der Waals surface area contributed by atoms with Crippen LogP contribution in [-0.4, -0.2) is 76.6 Å². The number of carbonyl (C=O) groups excluding carboxylic acids is 1. The summed E-state index contributed by atoms with van der Waals surface area (Å²) in [6.45, 7) is 5.95. The van der Waals surface area contributed by atoms with Gasteiger partial charge in [0.05, 0.1) is 71.6 Å². The van der Waals surface area contributed by atoms with Gasteiger partial charge in [-0.05, 0) is 80.4 Å².